The maximum Gasteiger partial charge on any atom is 0.136 e. The maximum absolute atomic E-state index is 2.42. The Hall–Kier alpha value is 0.195. The molecule has 0 heterocycles. The van der Waals surface area contributed by atoms with E-state index in [9.17, 15) is 0 Å². The first-order valence-electron chi connectivity index (χ1n) is 16.1. The lowest BCUT2D eigenvalue weighted by molar-refractivity contribution is 0.218. The van der Waals surface area contributed by atoms with Crippen LogP contribution >= 0.6 is 0 Å². The summed E-state index contributed by atoms with van der Waals surface area (Å²) in [6, 6.07) is 0. The summed E-state index contributed by atoms with van der Waals surface area (Å²) >= 11 is 0. The minimum Gasteiger partial charge on any atom is -0.0861 e. The molecule has 0 aromatic rings. The van der Waals surface area contributed by atoms with Crippen LogP contribution in [-0.4, -0.2) is 20.1 Å². The van der Waals surface area contributed by atoms with Crippen molar-refractivity contribution in [1.82, 2.24) is 0 Å². The van der Waals surface area contributed by atoms with Crippen LogP contribution in [0.15, 0.2) is 0 Å². The van der Waals surface area contributed by atoms with Crippen LogP contribution in [-0.2, 0) is 0 Å². The first-order valence-corrected chi connectivity index (χ1v) is 16.1. The molecule has 0 nitrogen and oxygen atoms in total. The molecule has 0 aromatic heterocycles. The molecule has 0 aromatic carbocycles. The molecular weight excluding hydrogens is 429 g/mol. The van der Waals surface area contributed by atoms with Crippen molar-refractivity contribution in [3.8, 4) is 0 Å². The molecule has 3 heteroatoms. The Balaban J connectivity index is -0.000000460. The third-order valence-corrected chi connectivity index (χ3v) is 11.3. The predicted octanol–water partition coefficient (Wildman–Crippen LogP) is 12.2. The van der Waals surface area contributed by atoms with Crippen LogP contribution < -0.4 is 0 Å². The summed E-state index contributed by atoms with van der Waals surface area (Å²) in [6.45, 7) is 51.9. The van der Waals surface area contributed by atoms with E-state index in [1.807, 2.05) is 0 Å². The van der Waals surface area contributed by atoms with Crippen LogP contribution in [0.4, 0.5) is 0 Å². The lowest BCUT2D eigenvalue weighted by atomic mass is 9.41. The van der Waals surface area contributed by atoms with Gasteiger partial charge in [-0.2, -0.15) is 0 Å². The Morgan fingerprint density at radius 3 is 0.639 bits per heavy atom. The standard InChI is InChI=1S/C13H29B.C11H25B.C9H21B/c1-9(2)10(3)11(4)12(5)13(6)14(7)8;1-8(2)9(3)10(4)11(5)12(6)7;1-7(2)8(3)9(4)10(5)6/h9-13H,1-8H3;8-11H,1-7H3;7-9H,1-6H3. The molecule has 216 valence electrons. The van der Waals surface area contributed by atoms with Crippen LogP contribution in [0.2, 0.25) is 58.4 Å². The normalized spacial score (nSPS) is 19.0. The number of hydrogen-bond donors (Lipinski definition) is 0. The van der Waals surface area contributed by atoms with Gasteiger partial charge in [0.05, 0.1) is 0 Å². The van der Waals surface area contributed by atoms with Crippen LogP contribution in [0.5, 0.6) is 0 Å². The Morgan fingerprint density at radius 1 is 0.250 bits per heavy atom. The molecule has 0 radical (unpaired) electrons. The first-order chi connectivity index (χ1) is 16.1. The van der Waals surface area contributed by atoms with E-state index in [0.717, 1.165) is 90.9 Å². The van der Waals surface area contributed by atoms with Gasteiger partial charge in [-0.25, -0.2) is 0 Å². The van der Waals surface area contributed by atoms with Crippen LogP contribution in [0, 0.1) is 53.3 Å². The van der Waals surface area contributed by atoms with Gasteiger partial charge >= 0.3 is 0 Å². The van der Waals surface area contributed by atoms with E-state index >= 15 is 0 Å². The average molecular weight is 504 g/mol. The monoisotopic (exact) mass is 505 g/mol. The molecule has 0 amide bonds. The van der Waals surface area contributed by atoms with E-state index in [2.05, 4.69) is 145 Å². The summed E-state index contributed by atoms with van der Waals surface area (Å²) in [5.74, 6) is 10.1. The molecule has 0 saturated carbocycles. The minimum absolute atomic E-state index is 0.812. The zero-order chi connectivity index (χ0) is 29.7. The molecule has 0 aliphatic carbocycles. The molecule has 0 aliphatic heterocycles. The van der Waals surface area contributed by atoms with Gasteiger partial charge in [-0.1, -0.05) is 162 Å². The fraction of sp³-hybridized carbons (Fsp3) is 1.00. The summed E-state index contributed by atoms with van der Waals surface area (Å²) in [5.41, 5.74) is 0. The molecule has 0 fully saturated rings. The van der Waals surface area contributed by atoms with Crippen LogP contribution in [0.25, 0.3) is 0 Å². The van der Waals surface area contributed by atoms with Gasteiger partial charge in [0.2, 0.25) is 0 Å². The van der Waals surface area contributed by atoms with Crippen molar-refractivity contribution in [2.45, 2.75) is 162 Å². The molecule has 0 saturated heterocycles. The lowest BCUT2D eigenvalue weighted by Crippen LogP contribution is -2.27. The van der Waals surface area contributed by atoms with Crippen molar-refractivity contribution in [1.29, 1.82) is 0 Å². The molecule has 9 atom stereocenters. The third-order valence-electron chi connectivity index (χ3n) is 11.3. The third kappa shape index (κ3) is 16.2. The van der Waals surface area contributed by atoms with Gasteiger partial charge in [0.15, 0.2) is 0 Å². The molecular formula is C33H75B3. The van der Waals surface area contributed by atoms with Crippen molar-refractivity contribution in [2.24, 2.45) is 53.3 Å². The lowest BCUT2D eigenvalue weighted by Gasteiger charge is -2.33. The first kappa shape index (κ1) is 40.7. The quantitative estimate of drug-likeness (QED) is 0.232. The van der Waals surface area contributed by atoms with Crippen molar-refractivity contribution in [3.05, 3.63) is 0 Å². The zero-order valence-electron chi connectivity index (χ0n) is 29.7. The van der Waals surface area contributed by atoms with Gasteiger partial charge < -0.3 is 0 Å². The van der Waals surface area contributed by atoms with E-state index in [4.69, 9.17) is 0 Å². The van der Waals surface area contributed by atoms with Crippen LogP contribution in [0.1, 0.15) is 104 Å². The second-order valence-corrected chi connectivity index (χ2v) is 15.2. The summed E-state index contributed by atoms with van der Waals surface area (Å²) in [5, 5.41) is 0. The molecule has 9 unspecified atom stereocenters. The Bertz CT molecular complexity index is 453. The highest BCUT2D eigenvalue weighted by Gasteiger charge is 2.28. The fourth-order valence-electron chi connectivity index (χ4n) is 5.08. The van der Waals surface area contributed by atoms with Gasteiger partial charge in [0.25, 0.3) is 0 Å². The Kier molecular flexibility index (Phi) is 22.8. The highest BCUT2D eigenvalue weighted by molar-refractivity contribution is 6.58. The average Bonchev–Trinajstić information content (AvgIpc) is 2.79. The zero-order valence-corrected chi connectivity index (χ0v) is 29.7. The highest BCUT2D eigenvalue weighted by atomic mass is 14.3. The van der Waals surface area contributed by atoms with Gasteiger partial charge in [-0.05, 0) is 53.3 Å². The second-order valence-electron chi connectivity index (χ2n) is 15.2. The maximum atomic E-state index is 2.42. The molecule has 36 heavy (non-hydrogen) atoms. The van der Waals surface area contributed by atoms with Gasteiger partial charge in [0, 0.05) is 0 Å². The van der Waals surface area contributed by atoms with Gasteiger partial charge in [-0.15, -0.1) is 0 Å². The van der Waals surface area contributed by atoms with Gasteiger partial charge in [-0.3, -0.25) is 0 Å². The molecule has 0 N–H and O–H groups in total. The van der Waals surface area contributed by atoms with E-state index in [-0.39, 0.29) is 0 Å². The largest absolute Gasteiger partial charge is 0.136 e. The topological polar surface area (TPSA) is 0 Å². The minimum atomic E-state index is 0.812. The highest BCUT2D eigenvalue weighted by Crippen LogP contribution is 2.35. The molecule has 0 spiro atoms. The van der Waals surface area contributed by atoms with E-state index < -0.39 is 0 Å². The van der Waals surface area contributed by atoms with E-state index in [1.165, 1.54) is 0 Å². The predicted molar refractivity (Wildman–Crippen MR) is 180 cm³/mol. The fourth-order valence-corrected chi connectivity index (χ4v) is 5.08. The van der Waals surface area contributed by atoms with E-state index in [0.29, 0.717) is 0 Å². The van der Waals surface area contributed by atoms with Crippen molar-refractivity contribution >= 4 is 20.1 Å². The number of rotatable bonds is 12. The van der Waals surface area contributed by atoms with Crippen LogP contribution in [0.3, 0.4) is 0 Å². The Labute approximate surface area is 235 Å². The number of hydrogen-bond acceptors (Lipinski definition) is 0. The Morgan fingerprint density at radius 2 is 0.444 bits per heavy atom. The van der Waals surface area contributed by atoms with Crippen molar-refractivity contribution in [3.63, 3.8) is 0 Å². The molecule has 0 rings (SSSR count). The molecule has 0 aliphatic rings. The van der Waals surface area contributed by atoms with E-state index in [1.54, 1.807) is 0 Å². The van der Waals surface area contributed by atoms with Gasteiger partial charge in [0.1, 0.15) is 20.1 Å². The summed E-state index contributed by atoms with van der Waals surface area (Å²) in [6.07, 6.45) is 0. The molecule has 0 bridgehead atoms. The van der Waals surface area contributed by atoms with Crippen molar-refractivity contribution < 1.29 is 0 Å². The van der Waals surface area contributed by atoms with Crippen molar-refractivity contribution in [2.75, 3.05) is 0 Å². The summed E-state index contributed by atoms with van der Waals surface area (Å²) in [7, 11) is 0. The second kappa shape index (κ2) is 20.1. The summed E-state index contributed by atoms with van der Waals surface area (Å²) in [4.78, 5) is 0. The SMILES string of the molecule is CB(C)C(C)C(C)C(C)C.CB(C)C(C)C(C)C(C)C(C)C.CB(C)C(C)C(C)C(C)C(C)C(C)C. The summed E-state index contributed by atoms with van der Waals surface area (Å²) < 4.78 is 0. The smallest absolute Gasteiger partial charge is 0.0861 e.